The smallest absolute Gasteiger partial charge is 0.330 e. The molecule has 0 aromatic carbocycles. The van der Waals surface area contributed by atoms with Gasteiger partial charge in [-0.3, -0.25) is 4.79 Å². The van der Waals surface area contributed by atoms with Crippen LogP contribution in [0.2, 0.25) is 0 Å². The summed E-state index contributed by atoms with van der Waals surface area (Å²) in [4.78, 5) is 22.0. The second kappa shape index (κ2) is 11.6. The zero-order valence-electron chi connectivity index (χ0n) is 10.6. The van der Waals surface area contributed by atoms with Crippen LogP contribution in [-0.4, -0.2) is 47.5 Å². The van der Waals surface area contributed by atoms with Gasteiger partial charge in [-0.2, -0.15) is 0 Å². The van der Waals surface area contributed by atoms with E-state index in [1.807, 2.05) is 0 Å². The van der Waals surface area contributed by atoms with Gasteiger partial charge in [0.05, 0.1) is 0 Å². The summed E-state index contributed by atoms with van der Waals surface area (Å²) in [6.45, 7) is 3.63. The standard InChI is InChI=1S/C11H21NO3.Na/c1-3-4-5-6-7-8-10(13)15-11(14)9(2)12;/h9H,3-8,12H2,1-2H3;/t9-;/m0./s1. The molecule has 89 valence electrons. The minimum atomic E-state index is -0.728. The first-order valence-electron chi connectivity index (χ1n) is 5.58. The van der Waals surface area contributed by atoms with Crippen LogP contribution in [0.4, 0.5) is 0 Å². The maximum absolute atomic E-state index is 11.1. The van der Waals surface area contributed by atoms with Crippen LogP contribution in [0.25, 0.3) is 0 Å². The van der Waals surface area contributed by atoms with Crippen LogP contribution < -0.4 is 5.73 Å². The molecular formula is C11H21NNaO3. The second-order valence-corrected chi connectivity index (χ2v) is 3.75. The molecule has 16 heavy (non-hydrogen) atoms. The number of hydrogen-bond acceptors (Lipinski definition) is 4. The van der Waals surface area contributed by atoms with Gasteiger partial charge in [0.1, 0.15) is 6.04 Å². The van der Waals surface area contributed by atoms with E-state index in [1.165, 1.54) is 19.8 Å². The van der Waals surface area contributed by atoms with E-state index in [0.717, 1.165) is 19.3 Å². The van der Waals surface area contributed by atoms with Crippen LogP contribution in [-0.2, 0) is 14.3 Å². The van der Waals surface area contributed by atoms with Crippen molar-refractivity contribution >= 4 is 41.5 Å². The molecule has 0 amide bonds. The van der Waals surface area contributed by atoms with Crippen molar-refractivity contribution < 1.29 is 14.3 Å². The third-order valence-electron chi connectivity index (χ3n) is 2.07. The van der Waals surface area contributed by atoms with Crippen molar-refractivity contribution in [3.05, 3.63) is 0 Å². The Bertz CT molecular complexity index is 207. The SMILES string of the molecule is CCCCCCCC(=O)OC(=O)[C@H](C)N.[Na]. The molecule has 0 spiro atoms. The van der Waals surface area contributed by atoms with Crippen LogP contribution in [0, 0.1) is 0 Å². The molecule has 4 nitrogen and oxygen atoms in total. The quantitative estimate of drug-likeness (QED) is 0.315. The van der Waals surface area contributed by atoms with Crippen LogP contribution in [0.1, 0.15) is 52.4 Å². The third kappa shape index (κ3) is 10.6. The zero-order chi connectivity index (χ0) is 11.7. The summed E-state index contributed by atoms with van der Waals surface area (Å²) in [6.07, 6.45) is 5.59. The number of ether oxygens (including phenoxy) is 1. The molecule has 0 saturated carbocycles. The van der Waals surface area contributed by atoms with Gasteiger partial charge in [-0.1, -0.05) is 32.6 Å². The first-order chi connectivity index (χ1) is 7.07. The van der Waals surface area contributed by atoms with Crippen molar-refractivity contribution in [2.45, 2.75) is 58.4 Å². The van der Waals surface area contributed by atoms with Gasteiger partial charge in [0, 0.05) is 36.0 Å². The molecule has 1 radical (unpaired) electrons. The van der Waals surface area contributed by atoms with Crippen molar-refractivity contribution in [3.8, 4) is 0 Å². The third-order valence-corrected chi connectivity index (χ3v) is 2.07. The first-order valence-corrected chi connectivity index (χ1v) is 5.58. The first kappa shape index (κ1) is 18.5. The summed E-state index contributed by atoms with van der Waals surface area (Å²) >= 11 is 0. The van der Waals surface area contributed by atoms with Gasteiger partial charge in [-0.25, -0.2) is 4.79 Å². The number of esters is 2. The van der Waals surface area contributed by atoms with Crippen LogP contribution in [0.3, 0.4) is 0 Å². The van der Waals surface area contributed by atoms with Crippen molar-refractivity contribution in [2.75, 3.05) is 0 Å². The van der Waals surface area contributed by atoms with E-state index in [-0.39, 0.29) is 29.6 Å². The Labute approximate surface area is 120 Å². The van der Waals surface area contributed by atoms with Crippen molar-refractivity contribution in [2.24, 2.45) is 5.73 Å². The summed E-state index contributed by atoms with van der Waals surface area (Å²) in [5, 5.41) is 0. The van der Waals surface area contributed by atoms with Crippen LogP contribution in [0.15, 0.2) is 0 Å². The molecule has 0 saturated heterocycles. The molecule has 2 N–H and O–H groups in total. The van der Waals surface area contributed by atoms with E-state index in [2.05, 4.69) is 11.7 Å². The van der Waals surface area contributed by atoms with Crippen LogP contribution >= 0.6 is 0 Å². The Morgan fingerprint density at radius 1 is 1.19 bits per heavy atom. The van der Waals surface area contributed by atoms with Gasteiger partial charge in [0.15, 0.2) is 0 Å². The van der Waals surface area contributed by atoms with Crippen molar-refractivity contribution in [3.63, 3.8) is 0 Å². The van der Waals surface area contributed by atoms with Crippen molar-refractivity contribution in [1.82, 2.24) is 0 Å². The van der Waals surface area contributed by atoms with E-state index in [1.54, 1.807) is 0 Å². The number of hydrogen-bond donors (Lipinski definition) is 1. The van der Waals surface area contributed by atoms with Gasteiger partial charge in [-0.15, -0.1) is 0 Å². The minimum absolute atomic E-state index is 0. The molecule has 0 aromatic heterocycles. The van der Waals surface area contributed by atoms with E-state index >= 15 is 0 Å². The van der Waals surface area contributed by atoms with Crippen molar-refractivity contribution in [1.29, 1.82) is 0 Å². The number of carbonyl (C=O) groups is 2. The molecule has 0 rings (SSSR count). The van der Waals surface area contributed by atoms with Gasteiger partial charge < -0.3 is 10.5 Å². The molecule has 0 aliphatic rings. The van der Waals surface area contributed by atoms with Gasteiger partial charge in [0.2, 0.25) is 0 Å². The fourth-order valence-corrected chi connectivity index (χ4v) is 1.13. The summed E-state index contributed by atoms with van der Waals surface area (Å²) < 4.78 is 4.52. The molecule has 0 aromatic rings. The minimum Gasteiger partial charge on any atom is -0.392 e. The maximum Gasteiger partial charge on any atom is 0.330 e. The molecule has 0 aliphatic carbocycles. The summed E-state index contributed by atoms with van der Waals surface area (Å²) in [6, 6.07) is -0.728. The van der Waals surface area contributed by atoms with E-state index in [9.17, 15) is 9.59 Å². The summed E-state index contributed by atoms with van der Waals surface area (Å²) in [5.74, 6) is -1.11. The normalized spacial score (nSPS) is 11.4. The van der Waals surface area contributed by atoms with E-state index < -0.39 is 18.0 Å². The van der Waals surface area contributed by atoms with E-state index in [0.29, 0.717) is 6.42 Å². The zero-order valence-corrected chi connectivity index (χ0v) is 12.6. The largest absolute Gasteiger partial charge is 0.392 e. The number of nitrogens with two attached hydrogens (primary N) is 1. The Hall–Kier alpha value is 0.1000. The molecule has 0 bridgehead atoms. The van der Waals surface area contributed by atoms with Crippen LogP contribution in [0.5, 0.6) is 0 Å². The van der Waals surface area contributed by atoms with Gasteiger partial charge >= 0.3 is 11.9 Å². The number of carbonyl (C=O) groups excluding carboxylic acids is 2. The fraction of sp³-hybridized carbons (Fsp3) is 0.818. The van der Waals surface area contributed by atoms with Gasteiger partial charge in [-0.05, 0) is 13.3 Å². The molecule has 0 heterocycles. The molecule has 0 unspecified atom stereocenters. The Kier molecular flexibility index (Phi) is 13.4. The molecular weight excluding hydrogens is 217 g/mol. The number of rotatable bonds is 7. The molecule has 1 atom stereocenters. The Balaban J connectivity index is 0. The molecule has 0 aliphatic heterocycles. The second-order valence-electron chi connectivity index (χ2n) is 3.75. The molecule has 5 heteroatoms. The average molecular weight is 238 g/mol. The fourth-order valence-electron chi connectivity index (χ4n) is 1.13. The van der Waals surface area contributed by atoms with Gasteiger partial charge in [0.25, 0.3) is 0 Å². The molecule has 0 fully saturated rings. The number of unbranched alkanes of at least 4 members (excludes halogenated alkanes) is 4. The predicted octanol–water partition coefficient (Wildman–Crippen LogP) is 1.38. The predicted molar refractivity (Wildman–Crippen MR) is 63.9 cm³/mol. The Morgan fingerprint density at radius 3 is 2.25 bits per heavy atom. The summed E-state index contributed by atoms with van der Waals surface area (Å²) in [5.41, 5.74) is 5.25. The Morgan fingerprint density at radius 2 is 1.75 bits per heavy atom. The topological polar surface area (TPSA) is 69.4 Å². The van der Waals surface area contributed by atoms with E-state index in [4.69, 9.17) is 5.73 Å². The maximum atomic E-state index is 11.1. The average Bonchev–Trinajstić information content (AvgIpc) is 2.17. The monoisotopic (exact) mass is 238 g/mol. The summed E-state index contributed by atoms with van der Waals surface area (Å²) in [7, 11) is 0.